The summed E-state index contributed by atoms with van der Waals surface area (Å²) in [5, 5.41) is 12.2. The third-order valence-corrected chi connectivity index (χ3v) is 13.7. The van der Waals surface area contributed by atoms with Crippen molar-refractivity contribution < 1.29 is 93.6 Å². The average Bonchev–Trinajstić information content (AvgIpc) is 2.86. The van der Waals surface area contributed by atoms with Crippen molar-refractivity contribution in [3.05, 3.63) is 11.6 Å². The summed E-state index contributed by atoms with van der Waals surface area (Å²) in [5.74, 6) is -0.944. The van der Waals surface area contributed by atoms with Crippen LogP contribution in [0.5, 0.6) is 0 Å². The van der Waals surface area contributed by atoms with Crippen molar-refractivity contribution in [2.75, 3.05) is 0 Å². The van der Waals surface area contributed by atoms with E-state index in [-0.39, 0.29) is 140 Å². The summed E-state index contributed by atoms with van der Waals surface area (Å²) in [5.41, 5.74) is -0.584. The largest absolute Gasteiger partial charge is 1.00 e. The Hall–Kier alpha value is -0.0200. The number of esters is 1. The fourth-order valence-corrected chi connectivity index (χ4v) is 10.9. The Bertz CT molecular complexity index is 1170. The molecule has 0 bridgehead atoms. The van der Waals surface area contributed by atoms with Gasteiger partial charge in [-0.1, -0.05) is 54.0 Å². The SMILES string of the molecule is CC1(C)[C@@H](OC(=O)CC[C-]=O)CC[C@]2(C)[C@H]3C(=O)C=C4[C@@H]5C[C@@](C)(C(=O)[O-])CC[C@]5(C)CC[C@@]4(C)[C@]3(C)CC[C@@H]12.[Na+].[Na+].[OH-]. The smallest absolute Gasteiger partial charge is 0.870 e. The van der Waals surface area contributed by atoms with Gasteiger partial charge in [0.25, 0.3) is 0 Å². The van der Waals surface area contributed by atoms with Crippen LogP contribution in [-0.2, 0) is 23.9 Å². The second kappa shape index (κ2) is 12.9. The minimum atomic E-state index is -0.967. The minimum Gasteiger partial charge on any atom is -0.870 e. The van der Waals surface area contributed by atoms with Gasteiger partial charge in [-0.3, -0.25) is 15.9 Å². The van der Waals surface area contributed by atoms with E-state index in [9.17, 15) is 24.3 Å². The van der Waals surface area contributed by atoms with E-state index in [1.807, 2.05) is 13.0 Å². The molecular weight excluding hydrogens is 566 g/mol. The van der Waals surface area contributed by atoms with E-state index >= 15 is 0 Å². The normalized spacial score (nSPS) is 44.2. The number of fused-ring (bicyclic) bond motifs is 7. The molecule has 0 aromatic heterocycles. The first-order chi connectivity index (χ1) is 18.5. The fourth-order valence-electron chi connectivity index (χ4n) is 10.9. The molecule has 0 aliphatic heterocycles. The summed E-state index contributed by atoms with van der Waals surface area (Å²) in [6.45, 7) is 15.5. The molecule has 7 nitrogen and oxygen atoms in total. The zero-order chi connectivity index (χ0) is 29.5. The van der Waals surface area contributed by atoms with Gasteiger partial charge in [0.15, 0.2) is 5.78 Å². The number of ketones is 1. The van der Waals surface area contributed by atoms with Crippen molar-refractivity contribution >= 4 is 24.0 Å². The van der Waals surface area contributed by atoms with E-state index in [0.29, 0.717) is 19.3 Å². The molecule has 4 fully saturated rings. The fraction of sp³-hybridized carbons (Fsp3) is 0.824. The molecule has 43 heavy (non-hydrogen) atoms. The molecule has 0 spiro atoms. The maximum atomic E-state index is 14.4. The van der Waals surface area contributed by atoms with Gasteiger partial charge in [-0.05, 0) is 97.4 Å². The van der Waals surface area contributed by atoms with Gasteiger partial charge in [0, 0.05) is 29.1 Å². The number of allylic oxidation sites excluding steroid dienone is 2. The van der Waals surface area contributed by atoms with Gasteiger partial charge in [-0.2, -0.15) is 0 Å². The first-order valence-electron chi connectivity index (χ1n) is 15.5. The summed E-state index contributed by atoms with van der Waals surface area (Å²) in [7, 11) is 0. The zero-order valence-electron chi connectivity index (χ0n) is 28.1. The molecule has 0 saturated heterocycles. The Morgan fingerprint density at radius 2 is 1.58 bits per heavy atom. The van der Waals surface area contributed by atoms with E-state index in [1.165, 1.54) is 5.57 Å². The van der Waals surface area contributed by atoms with Crippen LogP contribution in [0.1, 0.15) is 119 Å². The molecule has 5 aliphatic carbocycles. The number of carboxylic acids is 1. The maximum absolute atomic E-state index is 14.4. The van der Waals surface area contributed by atoms with Gasteiger partial charge < -0.3 is 24.9 Å². The standard InChI is InChI=1S/C34H49O6.2Na.H2O/c1-29(2)24-10-13-34(7)27(32(24,5)12-11-25(29)40-26(37)9-8-18-35)23(36)19-21-22-20-31(4,28(38)39)15-14-30(22,3)16-17-33(21,34)6;;;/h19,22,24-25,27H,8-17,20H2,1-7H3,(H,38,39);;;1H2/q-1;2*+1;/p-2/t22-,24-,25-,27+,30+,31-,32-,33+,34+;;;/m0.../s1. The molecule has 0 radical (unpaired) electrons. The monoisotopic (exact) mass is 615 g/mol. The predicted octanol–water partition coefficient (Wildman–Crippen LogP) is -0.650. The molecule has 5 aliphatic rings. The number of ether oxygens (including phenoxy) is 1. The van der Waals surface area contributed by atoms with Crippen molar-refractivity contribution in [2.24, 2.45) is 50.2 Å². The number of carbonyl (C=O) groups excluding carboxylic acids is 4. The summed E-state index contributed by atoms with van der Waals surface area (Å²) in [4.78, 5) is 49.7. The molecular formula is C34H49Na2O7-. The molecule has 0 unspecified atom stereocenters. The number of aliphatic carboxylic acids is 1. The van der Waals surface area contributed by atoms with Gasteiger partial charge in [-0.25, -0.2) is 0 Å². The second-order valence-corrected chi connectivity index (χ2v) is 16.0. The van der Waals surface area contributed by atoms with E-state index in [4.69, 9.17) is 4.74 Å². The summed E-state index contributed by atoms with van der Waals surface area (Å²) in [6.07, 6.45) is 11.1. The summed E-state index contributed by atoms with van der Waals surface area (Å²) >= 11 is 0. The Kier molecular flexibility index (Phi) is 11.7. The molecule has 9 heteroatoms. The first kappa shape index (κ1) is 39.2. The number of hydrogen-bond donors (Lipinski definition) is 0. The average molecular weight is 616 g/mol. The number of rotatable bonds is 5. The number of hydrogen-bond acceptors (Lipinski definition) is 7. The zero-order valence-corrected chi connectivity index (χ0v) is 32.1. The molecule has 0 amide bonds. The second-order valence-electron chi connectivity index (χ2n) is 16.0. The van der Waals surface area contributed by atoms with Crippen LogP contribution >= 0.6 is 0 Å². The van der Waals surface area contributed by atoms with E-state index < -0.39 is 11.4 Å². The Balaban J connectivity index is 0.00000215. The van der Waals surface area contributed by atoms with Crippen LogP contribution in [-0.4, -0.2) is 35.6 Å². The quantitative estimate of drug-likeness (QED) is 0.228. The predicted molar refractivity (Wildman–Crippen MR) is 151 cm³/mol. The molecule has 4 saturated carbocycles. The van der Waals surface area contributed by atoms with Crippen LogP contribution in [0.25, 0.3) is 0 Å². The molecule has 5 rings (SSSR count). The minimum absolute atomic E-state index is 0. The van der Waals surface area contributed by atoms with Crippen LogP contribution < -0.4 is 64.2 Å². The summed E-state index contributed by atoms with van der Waals surface area (Å²) < 4.78 is 5.94. The van der Waals surface area contributed by atoms with Crippen LogP contribution in [0.3, 0.4) is 0 Å². The Morgan fingerprint density at radius 1 is 0.953 bits per heavy atom. The molecule has 1 N–H and O–H groups in total. The van der Waals surface area contributed by atoms with E-state index in [2.05, 4.69) is 41.5 Å². The van der Waals surface area contributed by atoms with Gasteiger partial charge in [0.05, 0.1) is 0 Å². The van der Waals surface area contributed by atoms with Crippen LogP contribution in [0.4, 0.5) is 0 Å². The molecule has 9 atom stereocenters. The van der Waals surface area contributed by atoms with Crippen LogP contribution in [0.15, 0.2) is 11.6 Å². The van der Waals surface area contributed by atoms with E-state index in [1.54, 1.807) is 6.29 Å². The topological polar surface area (TPSA) is 131 Å². The molecule has 230 valence electrons. The molecule has 0 aromatic carbocycles. The van der Waals surface area contributed by atoms with Crippen molar-refractivity contribution in [1.29, 1.82) is 0 Å². The maximum Gasteiger partial charge on any atom is 1.00 e. The van der Waals surface area contributed by atoms with Gasteiger partial charge in [-0.15, -0.1) is 6.42 Å². The Labute approximate surface area is 302 Å². The van der Waals surface area contributed by atoms with E-state index in [0.717, 1.165) is 38.5 Å². The first-order valence-corrected chi connectivity index (χ1v) is 15.5. The number of carboxylic acid groups (broad SMARTS) is 1. The van der Waals surface area contributed by atoms with Crippen LogP contribution in [0.2, 0.25) is 0 Å². The number of carbonyl (C=O) groups is 3. The molecule has 0 aromatic rings. The third-order valence-electron chi connectivity index (χ3n) is 13.7. The third kappa shape index (κ3) is 5.75. The van der Waals surface area contributed by atoms with Crippen molar-refractivity contribution in [1.82, 2.24) is 0 Å². The van der Waals surface area contributed by atoms with Gasteiger partial charge in [0.2, 0.25) is 0 Å². The van der Waals surface area contributed by atoms with Gasteiger partial charge >= 0.3 is 65.1 Å². The Morgan fingerprint density at radius 3 is 2.19 bits per heavy atom. The van der Waals surface area contributed by atoms with Crippen molar-refractivity contribution in [3.8, 4) is 0 Å². The molecule has 0 heterocycles. The van der Waals surface area contributed by atoms with Crippen LogP contribution in [0, 0.1) is 50.2 Å². The summed E-state index contributed by atoms with van der Waals surface area (Å²) in [6, 6.07) is 0. The van der Waals surface area contributed by atoms with Crippen molar-refractivity contribution in [2.45, 2.75) is 125 Å². The van der Waals surface area contributed by atoms with Gasteiger partial charge in [0.1, 0.15) is 6.10 Å². The van der Waals surface area contributed by atoms with Crippen molar-refractivity contribution in [3.63, 3.8) is 0 Å².